The molecule has 3 aliphatic rings. The minimum absolute atomic E-state index is 0.00174. The van der Waals surface area contributed by atoms with Crippen LogP contribution in [-0.4, -0.2) is 102 Å². The van der Waals surface area contributed by atoms with Crippen LogP contribution in [-0.2, 0) is 17.8 Å². The second kappa shape index (κ2) is 13.6. The quantitative estimate of drug-likeness (QED) is 0.219. The Bertz CT molecular complexity index is 1690. The molecule has 248 valence electrons. The molecule has 0 spiro atoms. The molecular weight excluding hydrogens is 626 g/mol. The van der Waals surface area contributed by atoms with Gasteiger partial charge in [0.2, 0.25) is 18.4 Å². The van der Waals surface area contributed by atoms with Crippen molar-refractivity contribution >= 4 is 39.8 Å². The van der Waals surface area contributed by atoms with Crippen molar-refractivity contribution in [3.63, 3.8) is 0 Å². The summed E-state index contributed by atoms with van der Waals surface area (Å²) >= 11 is 6.67. The summed E-state index contributed by atoms with van der Waals surface area (Å²) in [5.74, 6) is -2.03. The number of carbonyl (C=O) groups excluding carboxylic acids is 1. The van der Waals surface area contributed by atoms with Crippen LogP contribution in [0.4, 0.5) is 20.3 Å². The van der Waals surface area contributed by atoms with Gasteiger partial charge < -0.3 is 29.2 Å². The van der Waals surface area contributed by atoms with E-state index in [4.69, 9.17) is 32.9 Å². The van der Waals surface area contributed by atoms with Gasteiger partial charge in [-0.3, -0.25) is 9.78 Å². The zero-order valence-electron chi connectivity index (χ0n) is 26.7. The Balaban J connectivity index is 1.27. The summed E-state index contributed by atoms with van der Waals surface area (Å²) in [6, 6.07) is 5.71. The van der Waals surface area contributed by atoms with Crippen LogP contribution in [0.1, 0.15) is 31.0 Å². The highest BCUT2D eigenvalue weighted by atomic mass is 35.5. The van der Waals surface area contributed by atoms with Crippen LogP contribution >= 0.6 is 11.6 Å². The number of halogens is 3. The average Bonchev–Trinajstić information content (AvgIpc) is 3.05. The molecule has 2 atom stereocenters. The number of likely N-dealkylation sites (N-methyl/N-ethyl adjacent to an activating group) is 1. The lowest BCUT2D eigenvalue weighted by molar-refractivity contribution is -0.128. The van der Waals surface area contributed by atoms with Crippen molar-refractivity contribution in [1.82, 2.24) is 24.8 Å². The average molecular weight is 665 g/mol. The Morgan fingerprint density at radius 3 is 2.81 bits per heavy atom. The molecule has 10 nitrogen and oxygen atoms in total. The zero-order chi connectivity index (χ0) is 33.3. The lowest BCUT2D eigenvalue weighted by atomic mass is 9.76. The summed E-state index contributed by atoms with van der Waals surface area (Å²) < 4.78 is 33.1. The van der Waals surface area contributed by atoms with Crippen LogP contribution in [0, 0.1) is 12.5 Å². The monoisotopic (exact) mass is 664 g/mol. The second-order valence-corrected chi connectivity index (χ2v) is 13.1. The number of rotatable bonds is 10. The van der Waals surface area contributed by atoms with Gasteiger partial charge in [-0.05, 0) is 38.5 Å². The summed E-state index contributed by atoms with van der Waals surface area (Å²) in [7, 11) is 1.92. The molecule has 0 bridgehead atoms. The third-order valence-electron chi connectivity index (χ3n) is 9.79. The van der Waals surface area contributed by atoms with E-state index in [-0.39, 0.29) is 55.9 Å². The fourth-order valence-electron chi connectivity index (χ4n) is 6.94. The van der Waals surface area contributed by atoms with Crippen LogP contribution in [0.15, 0.2) is 43.2 Å². The molecule has 1 saturated carbocycles. The summed E-state index contributed by atoms with van der Waals surface area (Å²) in [5.41, 5.74) is 2.76. The maximum Gasteiger partial charge on any atom is 0.318 e. The van der Waals surface area contributed by atoms with Gasteiger partial charge in [0.15, 0.2) is 0 Å². The Labute approximate surface area is 278 Å². The van der Waals surface area contributed by atoms with Crippen molar-refractivity contribution in [2.45, 2.75) is 50.7 Å². The van der Waals surface area contributed by atoms with E-state index in [1.54, 1.807) is 11.1 Å². The highest BCUT2D eigenvalue weighted by Gasteiger charge is 2.48. The van der Waals surface area contributed by atoms with Gasteiger partial charge in [-0.25, -0.2) is 15.4 Å². The van der Waals surface area contributed by atoms with Crippen molar-refractivity contribution in [1.29, 1.82) is 0 Å². The summed E-state index contributed by atoms with van der Waals surface area (Å²) in [5, 5.41) is 2.54. The van der Waals surface area contributed by atoms with Crippen LogP contribution in [0.2, 0.25) is 5.02 Å². The van der Waals surface area contributed by atoms with Crippen molar-refractivity contribution in [2.24, 2.45) is 5.92 Å². The third-order valence-corrected chi connectivity index (χ3v) is 10.1. The molecule has 2 aliphatic heterocycles. The highest BCUT2D eigenvalue weighted by Crippen LogP contribution is 2.45. The van der Waals surface area contributed by atoms with E-state index in [9.17, 15) is 13.6 Å². The number of anilines is 2. The molecule has 0 radical (unpaired) electrons. The number of carbonyl (C=O) groups is 1. The number of aromatic nitrogens is 3. The fourth-order valence-corrected chi connectivity index (χ4v) is 7.22. The number of alkyl halides is 2. The molecule has 0 N–H and O–H groups in total. The molecular formula is C34H39ClF2N8O2. The van der Waals surface area contributed by atoms with Crippen molar-refractivity contribution in [3.8, 4) is 6.01 Å². The SMILES string of the molecule is [C-]#[N+]C[C@H]1CN(c2nc(OCCN(C)[C@@H](C)C3CC(F)(F)C3)nc3c2CCN(c2cncc4cccc(Cl)c24)C3)CCN1C(=O)C=C. The predicted molar refractivity (Wildman–Crippen MR) is 178 cm³/mol. The van der Waals surface area contributed by atoms with Gasteiger partial charge in [0.25, 0.3) is 0 Å². The molecule has 6 rings (SSSR count). The number of fused-ring (bicyclic) bond motifs is 2. The molecule has 1 aliphatic carbocycles. The van der Waals surface area contributed by atoms with E-state index in [0.717, 1.165) is 33.5 Å². The molecule has 0 unspecified atom stereocenters. The Hall–Kier alpha value is -4.08. The number of benzene rings is 1. The molecule has 1 aromatic carbocycles. The van der Waals surface area contributed by atoms with Crippen molar-refractivity contribution < 1.29 is 18.3 Å². The maximum atomic E-state index is 13.5. The van der Waals surface area contributed by atoms with Gasteiger partial charge in [-0.15, -0.1) is 0 Å². The summed E-state index contributed by atoms with van der Waals surface area (Å²) in [4.78, 5) is 38.5. The van der Waals surface area contributed by atoms with E-state index in [0.29, 0.717) is 50.7 Å². The van der Waals surface area contributed by atoms with E-state index < -0.39 is 5.92 Å². The van der Waals surface area contributed by atoms with Gasteiger partial charge in [0, 0.05) is 74.1 Å². The number of amides is 1. The molecule has 13 heteroatoms. The first-order valence-electron chi connectivity index (χ1n) is 16.0. The number of hydrogen-bond acceptors (Lipinski definition) is 8. The summed E-state index contributed by atoms with van der Waals surface area (Å²) in [6.45, 7) is 16.7. The normalized spacial score (nSPS) is 20.0. The number of ether oxygens (including phenoxy) is 1. The second-order valence-electron chi connectivity index (χ2n) is 12.7. The minimum Gasteiger partial charge on any atom is -0.462 e. The largest absolute Gasteiger partial charge is 0.462 e. The number of hydrogen-bond donors (Lipinski definition) is 0. The van der Waals surface area contributed by atoms with Gasteiger partial charge in [-0.2, -0.15) is 9.97 Å². The molecule has 47 heavy (non-hydrogen) atoms. The number of pyridine rings is 1. The molecule has 2 fully saturated rings. The highest BCUT2D eigenvalue weighted by molar-refractivity contribution is 6.36. The standard InChI is InChI=1S/C34H39ClF2N8O2/c1-5-30(46)45-12-11-44(20-25(45)18-38-3)32-26-9-10-43(29-19-39-17-23-7-6-8-27(35)31(23)29)21-28(26)40-33(41-32)47-14-13-42(4)22(2)24-15-34(36,37)16-24/h5-8,17,19,22,24-25H,1,9-16,18,20-21H2,2,4H3/t22-,25-/m0/s1. The first kappa shape index (κ1) is 32.8. The molecule has 1 saturated heterocycles. The maximum absolute atomic E-state index is 13.5. The molecule has 2 aromatic heterocycles. The van der Waals surface area contributed by atoms with Crippen molar-refractivity contribution in [2.75, 3.05) is 62.7 Å². The molecule has 1 amide bonds. The lowest BCUT2D eigenvalue weighted by Gasteiger charge is -2.42. The Morgan fingerprint density at radius 1 is 1.26 bits per heavy atom. The van der Waals surface area contributed by atoms with Crippen LogP contribution in [0.5, 0.6) is 6.01 Å². The first-order chi connectivity index (χ1) is 22.6. The van der Waals surface area contributed by atoms with Gasteiger partial charge in [0.05, 0.1) is 29.1 Å². The van der Waals surface area contributed by atoms with Gasteiger partial charge in [-0.1, -0.05) is 30.3 Å². The van der Waals surface area contributed by atoms with Crippen LogP contribution in [0.3, 0.4) is 0 Å². The number of nitrogens with zero attached hydrogens (tertiary/aromatic N) is 8. The van der Waals surface area contributed by atoms with Crippen molar-refractivity contribution in [3.05, 3.63) is 70.9 Å². The molecule has 3 aromatic rings. The number of piperazine rings is 1. The van der Waals surface area contributed by atoms with Crippen LogP contribution < -0.4 is 14.5 Å². The topological polar surface area (TPSA) is 82.3 Å². The Kier molecular flexibility index (Phi) is 9.48. The summed E-state index contributed by atoms with van der Waals surface area (Å²) in [6.07, 6.45) is 5.44. The minimum atomic E-state index is -2.55. The lowest BCUT2D eigenvalue weighted by Crippen LogP contribution is -2.56. The zero-order valence-corrected chi connectivity index (χ0v) is 27.5. The van der Waals surface area contributed by atoms with E-state index in [1.165, 1.54) is 6.08 Å². The smallest absolute Gasteiger partial charge is 0.318 e. The van der Waals surface area contributed by atoms with Gasteiger partial charge >= 0.3 is 6.01 Å². The van der Waals surface area contributed by atoms with E-state index in [1.807, 2.05) is 43.3 Å². The van der Waals surface area contributed by atoms with Crippen LogP contribution in [0.25, 0.3) is 15.6 Å². The molecule has 4 heterocycles. The van der Waals surface area contributed by atoms with Gasteiger partial charge in [0.1, 0.15) is 18.5 Å². The van der Waals surface area contributed by atoms with E-state index >= 15 is 0 Å². The van der Waals surface area contributed by atoms with E-state index in [2.05, 4.69) is 26.2 Å². The fraction of sp³-hybridized carbons (Fsp3) is 0.500. The Morgan fingerprint density at radius 2 is 2.06 bits per heavy atom. The first-order valence-corrected chi connectivity index (χ1v) is 16.4. The third kappa shape index (κ3) is 6.83. The predicted octanol–water partition coefficient (Wildman–Crippen LogP) is 5.11.